The lowest BCUT2D eigenvalue weighted by Gasteiger charge is -2.08. The third-order valence-corrected chi connectivity index (χ3v) is 2.78. The molecule has 0 heterocycles. The van der Waals surface area contributed by atoms with Gasteiger partial charge in [0.2, 0.25) is 5.91 Å². The van der Waals surface area contributed by atoms with Crippen LogP contribution in [-0.4, -0.2) is 10.9 Å². The minimum atomic E-state index is -0.459. The largest absolute Gasteiger partial charge is 0.366 e. The molecule has 0 aliphatic carbocycles. The Morgan fingerprint density at radius 1 is 1.00 bits per heavy atom. The molecule has 2 aromatic carbocycles. The van der Waals surface area contributed by atoms with Crippen LogP contribution in [0.1, 0.15) is 15.9 Å². The Morgan fingerprint density at radius 2 is 1.67 bits per heavy atom. The maximum absolute atomic E-state index is 11.1. The van der Waals surface area contributed by atoms with E-state index in [2.05, 4.69) is 5.32 Å². The molecule has 1 amide bonds. The molecule has 0 aromatic heterocycles. The number of carbonyl (C=O) groups excluding carboxylic acids is 1. The summed E-state index contributed by atoms with van der Waals surface area (Å²) in [6, 6.07) is 16.6. The third kappa shape index (κ3) is 2.93. The predicted octanol–water partition coefficient (Wildman–Crippen LogP) is 2.57. The molecule has 0 aliphatic heterocycles. The number of nitrogens with one attached hydrogen (secondary N) is 1. The zero-order valence-corrected chi connectivity index (χ0v) is 10.4. The van der Waals surface area contributed by atoms with Gasteiger partial charge >= 0.3 is 0 Å². The maximum Gasteiger partial charge on any atom is 0.248 e. The number of benzene rings is 2. The third-order valence-electron chi connectivity index (χ3n) is 2.44. The van der Waals surface area contributed by atoms with Crippen molar-refractivity contribution in [2.75, 3.05) is 5.32 Å². The highest BCUT2D eigenvalue weighted by molar-refractivity contribution is 7.81. The van der Waals surface area contributed by atoms with E-state index in [0.717, 1.165) is 11.3 Å². The van der Waals surface area contributed by atoms with Crippen LogP contribution in [0.2, 0.25) is 0 Å². The molecule has 18 heavy (non-hydrogen) atoms. The Labute approximate surface area is 111 Å². The van der Waals surface area contributed by atoms with Gasteiger partial charge in [-0.3, -0.25) is 4.79 Å². The molecule has 4 heteroatoms. The Bertz CT molecular complexity index is 581. The fourth-order valence-electron chi connectivity index (χ4n) is 1.54. The second-order valence-electron chi connectivity index (χ2n) is 3.77. The Morgan fingerprint density at radius 3 is 2.33 bits per heavy atom. The smallest absolute Gasteiger partial charge is 0.248 e. The van der Waals surface area contributed by atoms with Crippen molar-refractivity contribution in [1.82, 2.24) is 0 Å². The summed E-state index contributed by atoms with van der Waals surface area (Å²) in [5.74, 6) is -0.459. The molecule has 0 bridgehead atoms. The van der Waals surface area contributed by atoms with Crippen LogP contribution in [0.15, 0.2) is 54.6 Å². The van der Waals surface area contributed by atoms with Crippen molar-refractivity contribution in [3.63, 3.8) is 0 Å². The summed E-state index contributed by atoms with van der Waals surface area (Å²) in [5.41, 5.74) is 7.36. The normalized spacial score (nSPS) is 9.78. The van der Waals surface area contributed by atoms with Gasteiger partial charge < -0.3 is 11.1 Å². The van der Waals surface area contributed by atoms with Crippen LogP contribution in [0.4, 0.5) is 5.69 Å². The molecule has 0 aliphatic rings. The van der Waals surface area contributed by atoms with Crippen LogP contribution in [-0.2, 0) is 0 Å². The second kappa shape index (κ2) is 5.42. The number of carbonyl (C=O) groups is 1. The monoisotopic (exact) mass is 256 g/mol. The highest BCUT2D eigenvalue weighted by Crippen LogP contribution is 2.11. The fraction of sp³-hybridized carbons (Fsp3) is 0. The van der Waals surface area contributed by atoms with Gasteiger partial charge in [-0.1, -0.05) is 42.5 Å². The first kappa shape index (κ1) is 12.3. The molecule has 0 saturated heterocycles. The van der Waals surface area contributed by atoms with Gasteiger partial charge in [-0.2, -0.15) is 0 Å². The molecular formula is C14H12N2OS. The summed E-state index contributed by atoms with van der Waals surface area (Å²) >= 11 is 5.29. The first-order valence-electron chi connectivity index (χ1n) is 5.43. The number of primary amides is 1. The number of para-hydroxylation sites is 1. The van der Waals surface area contributed by atoms with Crippen molar-refractivity contribution in [1.29, 1.82) is 0 Å². The standard InChI is InChI=1S/C14H12N2OS/c15-13(17)10-5-4-6-11(9-10)14(18)16-12-7-2-1-3-8-12/h1-9H,(H2,15,17)(H,16,18). The average molecular weight is 256 g/mol. The van der Waals surface area contributed by atoms with E-state index in [1.54, 1.807) is 18.2 Å². The van der Waals surface area contributed by atoms with E-state index in [-0.39, 0.29) is 0 Å². The number of hydrogen-bond donors (Lipinski definition) is 2. The average Bonchev–Trinajstić information content (AvgIpc) is 2.40. The highest BCUT2D eigenvalue weighted by atomic mass is 32.1. The first-order valence-corrected chi connectivity index (χ1v) is 5.84. The van der Waals surface area contributed by atoms with E-state index < -0.39 is 5.91 Å². The molecule has 0 radical (unpaired) electrons. The van der Waals surface area contributed by atoms with Crippen LogP contribution in [0.5, 0.6) is 0 Å². The van der Waals surface area contributed by atoms with Crippen molar-refractivity contribution in [2.24, 2.45) is 5.73 Å². The summed E-state index contributed by atoms with van der Waals surface area (Å²) in [6.07, 6.45) is 0. The van der Waals surface area contributed by atoms with E-state index in [1.165, 1.54) is 0 Å². The van der Waals surface area contributed by atoms with Crippen LogP contribution in [0.25, 0.3) is 0 Å². The minimum absolute atomic E-state index is 0.449. The van der Waals surface area contributed by atoms with Crippen LogP contribution < -0.4 is 11.1 Å². The summed E-state index contributed by atoms with van der Waals surface area (Å²) in [6.45, 7) is 0. The maximum atomic E-state index is 11.1. The van der Waals surface area contributed by atoms with E-state index in [4.69, 9.17) is 18.0 Å². The number of nitrogens with two attached hydrogens (primary N) is 1. The molecule has 2 aromatic rings. The number of rotatable bonds is 3. The molecule has 0 atom stereocenters. The second-order valence-corrected chi connectivity index (χ2v) is 4.17. The predicted molar refractivity (Wildman–Crippen MR) is 76.7 cm³/mol. The zero-order chi connectivity index (χ0) is 13.0. The van der Waals surface area contributed by atoms with Crippen molar-refractivity contribution in [2.45, 2.75) is 0 Å². The van der Waals surface area contributed by atoms with E-state index in [1.807, 2.05) is 36.4 Å². The topological polar surface area (TPSA) is 55.1 Å². The summed E-state index contributed by atoms with van der Waals surface area (Å²) in [7, 11) is 0. The van der Waals surface area contributed by atoms with Crippen LogP contribution in [0, 0.1) is 0 Å². The number of thiocarbonyl (C=S) groups is 1. The lowest BCUT2D eigenvalue weighted by atomic mass is 10.1. The van der Waals surface area contributed by atoms with Gasteiger partial charge in [-0.25, -0.2) is 0 Å². The fourth-order valence-corrected chi connectivity index (χ4v) is 1.78. The van der Waals surface area contributed by atoms with Gasteiger partial charge in [0.15, 0.2) is 0 Å². The lowest BCUT2D eigenvalue weighted by Crippen LogP contribution is -2.14. The van der Waals surface area contributed by atoms with E-state index in [0.29, 0.717) is 10.6 Å². The SMILES string of the molecule is NC(=O)c1cccc(C(=S)Nc2ccccc2)c1. The van der Waals surface area contributed by atoms with Gasteiger partial charge in [0.05, 0.1) is 0 Å². The molecule has 90 valence electrons. The molecule has 0 fully saturated rings. The van der Waals surface area contributed by atoms with Gasteiger partial charge in [-0.05, 0) is 24.3 Å². The molecule has 0 spiro atoms. The van der Waals surface area contributed by atoms with Crippen molar-refractivity contribution in [3.05, 3.63) is 65.7 Å². The molecule has 3 N–H and O–H groups in total. The number of hydrogen-bond acceptors (Lipinski definition) is 2. The lowest BCUT2D eigenvalue weighted by molar-refractivity contribution is 0.100. The van der Waals surface area contributed by atoms with Crippen molar-refractivity contribution >= 4 is 28.8 Å². The minimum Gasteiger partial charge on any atom is -0.366 e. The zero-order valence-electron chi connectivity index (χ0n) is 9.59. The molecule has 0 saturated carbocycles. The van der Waals surface area contributed by atoms with Crippen LogP contribution >= 0.6 is 12.2 Å². The first-order chi connectivity index (χ1) is 8.66. The van der Waals surface area contributed by atoms with Crippen molar-refractivity contribution in [3.8, 4) is 0 Å². The Kier molecular flexibility index (Phi) is 3.69. The summed E-state index contributed by atoms with van der Waals surface area (Å²) < 4.78 is 0. The molecule has 2 rings (SSSR count). The van der Waals surface area contributed by atoms with Gasteiger partial charge in [-0.15, -0.1) is 0 Å². The van der Waals surface area contributed by atoms with E-state index >= 15 is 0 Å². The Balaban J connectivity index is 2.19. The quantitative estimate of drug-likeness (QED) is 0.830. The summed E-state index contributed by atoms with van der Waals surface area (Å²) in [5, 5.41) is 3.10. The van der Waals surface area contributed by atoms with Gasteiger partial charge in [0, 0.05) is 16.8 Å². The van der Waals surface area contributed by atoms with Gasteiger partial charge in [0.25, 0.3) is 0 Å². The number of anilines is 1. The van der Waals surface area contributed by atoms with E-state index in [9.17, 15) is 4.79 Å². The summed E-state index contributed by atoms with van der Waals surface area (Å²) in [4.78, 5) is 11.7. The Hall–Kier alpha value is -2.20. The molecular weight excluding hydrogens is 244 g/mol. The van der Waals surface area contributed by atoms with Gasteiger partial charge in [0.1, 0.15) is 4.99 Å². The van der Waals surface area contributed by atoms with Crippen LogP contribution in [0.3, 0.4) is 0 Å². The molecule has 0 unspecified atom stereocenters. The number of amides is 1. The highest BCUT2D eigenvalue weighted by Gasteiger charge is 2.05. The molecule has 3 nitrogen and oxygen atoms in total. The van der Waals surface area contributed by atoms with Crippen molar-refractivity contribution < 1.29 is 4.79 Å².